The van der Waals surface area contributed by atoms with Crippen LogP contribution in [0, 0.1) is 12.3 Å². The summed E-state index contributed by atoms with van der Waals surface area (Å²) in [5.41, 5.74) is 2.87. The molecule has 0 fully saturated rings. The molecule has 1 aliphatic carbocycles. The second-order valence-electron chi connectivity index (χ2n) is 5.03. The molecule has 0 spiro atoms. The molecule has 1 aliphatic rings. The fraction of sp³-hybridized carbons (Fsp3) is 0.375. The molecule has 1 aromatic carbocycles. The highest BCUT2D eigenvalue weighted by atomic mass is 32.2. The zero-order valence-corrected chi connectivity index (χ0v) is 13.6. The van der Waals surface area contributed by atoms with E-state index in [-0.39, 0.29) is 0 Å². The fourth-order valence-corrected chi connectivity index (χ4v) is 4.21. The van der Waals surface area contributed by atoms with Gasteiger partial charge in [-0.25, -0.2) is 0 Å². The van der Waals surface area contributed by atoms with E-state index in [0.717, 1.165) is 28.7 Å². The Hall–Kier alpha value is -1.35. The van der Waals surface area contributed by atoms with Crippen molar-refractivity contribution in [3.8, 4) is 12.3 Å². The van der Waals surface area contributed by atoms with E-state index in [2.05, 4.69) is 45.3 Å². The first-order valence-electron chi connectivity index (χ1n) is 6.93. The van der Waals surface area contributed by atoms with Crippen molar-refractivity contribution in [3.05, 3.63) is 40.4 Å². The minimum Gasteiger partial charge on any atom is -0.278 e. The molecule has 0 unspecified atom stereocenters. The Morgan fingerprint density at radius 2 is 2.29 bits per heavy atom. The average Bonchev–Trinajstić information content (AvgIpc) is 3.13. The number of hydrogen-bond acceptors (Lipinski definition) is 5. The summed E-state index contributed by atoms with van der Waals surface area (Å²) in [6.07, 6.45) is 9.87. The van der Waals surface area contributed by atoms with Crippen LogP contribution in [0.3, 0.4) is 0 Å². The van der Waals surface area contributed by atoms with Gasteiger partial charge in [0.1, 0.15) is 5.01 Å². The normalized spacial score (nSPS) is 16.9. The molecule has 3 nitrogen and oxygen atoms in total. The molecule has 5 heteroatoms. The molecule has 0 N–H and O–H groups in total. The van der Waals surface area contributed by atoms with Crippen LogP contribution in [-0.2, 0) is 13.0 Å². The maximum absolute atomic E-state index is 5.57. The van der Waals surface area contributed by atoms with Gasteiger partial charge in [-0.15, -0.1) is 16.6 Å². The topological polar surface area (TPSA) is 29.0 Å². The maximum atomic E-state index is 5.57. The van der Waals surface area contributed by atoms with Crippen LogP contribution in [0.2, 0.25) is 0 Å². The van der Waals surface area contributed by atoms with Gasteiger partial charge in [0, 0.05) is 6.04 Å². The van der Waals surface area contributed by atoms with Crippen LogP contribution in [0.15, 0.2) is 28.6 Å². The van der Waals surface area contributed by atoms with Gasteiger partial charge in [0.15, 0.2) is 4.34 Å². The number of fused-ring (bicyclic) bond motifs is 1. The molecule has 0 radical (unpaired) electrons. The monoisotopic (exact) mass is 315 g/mol. The Morgan fingerprint density at radius 3 is 3.05 bits per heavy atom. The largest absolute Gasteiger partial charge is 0.278 e. The van der Waals surface area contributed by atoms with Crippen LogP contribution >= 0.6 is 23.1 Å². The van der Waals surface area contributed by atoms with Gasteiger partial charge in [-0.05, 0) is 30.2 Å². The van der Waals surface area contributed by atoms with Gasteiger partial charge >= 0.3 is 0 Å². The molecule has 0 saturated carbocycles. The zero-order valence-electron chi connectivity index (χ0n) is 12.0. The van der Waals surface area contributed by atoms with Crippen LogP contribution in [0.4, 0.5) is 0 Å². The minimum atomic E-state index is 0.402. The van der Waals surface area contributed by atoms with Crippen molar-refractivity contribution >= 4 is 23.1 Å². The fourth-order valence-electron chi connectivity index (χ4n) is 2.87. The third-order valence-electron chi connectivity index (χ3n) is 3.80. The van der Waals surface area contributed by atoms with Gasteiger partial charge in [-0.3, -0.25) is 4.90 Å². The quantitative estimate of drug-likeness (QED) is 0.625. The Labute approximate surface area is 133 Å². The lowest BCUT2D eigenvalue weighted by Crippen LogP contribution is -2.27. The second kappa shape index (κ2) is 6.61. The van der Waals surface area contributed by atoms with E-state index >= 15 is 0 Å². The standard InChI is InChI=1S/C16H17N3S2/c1-3-10-19(11-15-17-18-16(20-2)21-15)14-9-8-12-6-4-5-7-13(12)14/h1,4-7,14H,8-11H2,2H3/t14-/m1/s1. The lowest BCUT2D eigenvalue weighted by Gasteiger charge is -2.26. The third kappa shape index (κ3) is 3.13. The average molecular weight is 315 g/mol. The predicted octanol–water partition coefficient (Wildman–Crippen LogP) is 3.38. The number of aromatic nitrogens is 2. The summed E-state index contributed by atoms with van der Waals surface area (Å²) in [7, 11) is 0. The molecule has 0 saturated heterocycles. The number of thioether (sulfide) groups is 1. The van der Waals surface area contributed by atoms with E-state index in [4.69, 9.17) is 6.42 Å². The summed E-state index contributed by atoms with van der Waals surface area (Å²) >= 11 is 3.29. The van der Waals surface area contributed by atoms with Crippen LogP contribution < -0.4 is 0 Å². The summed E-state index contributed by atoms with van der Waals surface area (Å²) in [6, 6.07) is 9.08. The molecular weight excluding hydrogens is 298 g/mol. The van der Waals surface area contributed by atoms with Crippen LogP contribution in [0.1, 0.15) is 28.6 Å². The molecule has 0 amide bonds. The molecule has 2 aromatic rings. The Balaban J connectivity index is 1.81. The predicted molar refractivity (Wildman–Crippen MR) is 88.4 cm³/mol. The molecule has 1 heterocycles. The third-order valence-corrected chi connectivity index (χ3v) is 5.68. The van der Waals surface area contributed by atoms with Crippen molar-refractivity contribution in [3.63, 3.8) is 0 Å². The summed E-state index contributed by atoms with van der Waals surface area (Å²) in [4.78, 5) is 2.34. The lowest BCUT2D eigenvalue weighted by molar-refractivity contribution is 0.212. The number of terminal acetylenes is 1. The highest BCUT2D eigenvalue weighted by Gasteiger charge is 2.27. The van der Waals surface area contributed by atoms with Crippen LogP contribution in [0.25, 0.3) is 0 Å². The summed E-state index contributed by atoms with van der Waals surface area (Å²) in [6.45, 7) is 1.43. The summed E-state index contributed by atoms with van der Waals surface area (Å²) in [5.74, 6) is 2.79. The maximum Gasteiger partial charge on any atom is 0.174 e. The zero-order chi connectivity index (χ0) is 14.7. The van der Waals surface area contributed by atoms with Gasteiger partial charge in [0.05, 0.1) is 13.1 Å². The first-order valence-corrected chi connectivity index (χ1v) is 8.97. The molecule has 3 rings (SSSR count). The number of benzene rings is 1. The van der Waals surface area contributed by atoms with Crippen molar-refractivity contribution < 1.29 is 0 Å². The number of aryl methyl sites for hydroxylation is 1. The smallest absolute Gasteiger partial charge is 0.174 e. The number of nitrogens with zero attached hydrogens (tertiary/aromatic N) is 3. The van der Waals surface area contributed by atoms with Gasteiger partial charge < -0.3 is 0 Å². The first kappa shape index (κ1) is 14.6. The van der Waals surface area contributed by atoms with Crippen molar-refractivity contribution in [1.29, 1.82) is 0 Å². The molecule has 0 aliphatic heterocycles. The SMILES string of the molecule is C#CCN(Cc1nnc(SC)s1)[C@@H]1CCc2ccccc21. The van der Waals surface area contributed by atoms with E-state index in [1.54, 1.807) is 23.1 Å². The van der Waals surface area contributed by atoms with Crippen molar-refractivity contribution in [2.24, 2.45) is 0 Å². The first-order chi connectivity index (χ1) is 10.3. The molecular formula is C16H17N3S2. The van der Waals surface area contributed by atoms with E-state index in [1.165, 1.54) is 11.1 Å². The van der Waals surface area contributed by atoms with Gasteiger partial charge in [-0.2, -0.15) is 0 Å². The van der Waals surface area contributed by atoms with E-state index in [1.807, 2.05) is 6.26 Å². The minimum absolute atomic E-state index is 0.402. The van der Waals surface area contributed by atoms with Crippen molar-refractivity contribution in [1.82, 2.24) is 15.1 Å². The highest BCUT2D eigenvalue weighted by Crippen LogP contribution is 2.36. The Morgan fingerprint density at radius 1 is 1.43 bits per heavy atom. The molecule has 0 bridgehead atoms. The van der Waals surface area contributed by atoms with E-state index in [9.17, 15) is 0 Å². The molecule has 108 valence electrons. The second-order valence-corrected chi connectivity index (χ2v) is 7.14. The van der Waals surface area contributed by atoms with E-state index < -0.39 is 0 Å². The lowest BCUT2D eigenvalue weighted by atomic mass is 10.1. The Kier molecular flexibility index (Phi) is 4.59. The van der Waals surface area contributed by atoms with Crippen molar-refractivity contribution in [2.45, 2.75) is 29.8 Å². The van der Waals surface area contributed by atoms with Gasteiger partial charge in [-0.1, -0.05) is 53.3 Å². The number of hydrogen-bond donors (Lipinski definition) is 0. The molecule has 21 heavy (non-hydrogen) atoms. The Bertz CT molecular complexity index is 660. The summed E-state index contributed by atoms with van der Waals surface area (Å²) in [5, 5.41) is 9.49. The molecule has 1 atom stereocenters. The van der Waals surface area contributed by atoms with Gasteiger partial charge in [0.2, 0.25) is 0 Å². The van der Waals surface area contributed by atoms with E-state index in [0.29, 0.717) is 12.6 Å². The molecule has 1 aromatic heterocycles. The van der Waals surface area contributed by atoms with Gasteiger partial charge in [0.25, 0.3) is 0 Å². The van der Waals surface area contributed by atoms with Crippen LogP contribution in [-0.4, -0.2) is 27.9 Å². The summed E-state index contributed by atoms with van der Waals surface area (Å²) < 4.78 is 1.01. The number of rotatable bonds is 5. The highest BCUT2D eigenvalue weighted by molar-refractivity contribution is 8.00. The van der Waals surface area contributed by atoms with Crippen molar-refractivity contribution in [2.75, 3.05) is 12.8 Å². The van der Waals surface area contributed by atoms with Crippen LogP contribution in [0.5, 0.6) is 0 Å².